The number of fused-ring (bicyclic) bond motifs is 1. The molecular formula is C14H28O2. The molecule has 4 atom stereocenters. The maximum Gasteiger partial charge on any atom is 0.0573 e. The Morgan fingerprint density at radius 3 is 2.50 bits per heavy atom. The van der Waals surface area contributed by atoms with Crippen LogP contribution in [0.3, 0.4) is 0 Å². The zero-order valence-electron chi connectivity index (χ0n) is 11.1. The first-order valence-electron chi connectivity index (χ1n) is 6.97. The number of aliphatic hydroxyl groups is 2. The molecule has 2 aliphatic rings. The van der Waals surface area contributed by atoms with Gasteiger partial charge in [0, 0.05) is 6.61 Å². The van der Waals surface area contributed by atoms with Gasteiger partial charge in [0.1, 0.15) is 0 Å². The summed E-state index contributed by atoms with van der Waals surface area (Å²) in [6.45, 7) is 6.64. The second-order valence-electron chi connectivity index (χ2n) is 5.36. The van der Waals surface area contributed by atoms with Crippen molar-refractivity contribution in [3.8, 4) is 0 Å². The Balaban J connectivity index is 0.000000606. The van der Waals surface area contributed by atoms with Gasteiger partial charge in [0.05, 0.1) is 6.10 Å². The molecule has 0 aromatic heterocycles. The molecule has 2 aliphatic carbocycles. The Morgan fingerprint density at radius 1 is 1.19 bits per heavy atom. The predicted octanol–water partition coefficient (Wildman–Crippen LogP) is 2.97. The SMILES string of the molecule is CC.CC12CCC[C@H](O)C1CCC2CCO. The summed E-state index contributed by atoms with van der Waals surface area (Å²) >= 11 is 0. The molecule has 0 aromatic rings. The lowest BCUT2D eigenvalue weighted by molar-refractivity contribution is -0.0207. The molecule has 2 heteroatoms. The van der Waals surface area contributed by atoms with Crippen molar-refractivity contribution in [3.05, 3.63) is 0 Å². The normalized spacial score (nSPS) is 42.2. The van der Waals surface area contributed by atoms with Gasteiger partial charge in [-0.1, -0.05) is 27.2 Å². The Morgan fingerprint density at radius 2 is 1.88 bits per heavy atom. The average molecular weight is 228 g/mol. The molecule has 0 amide bonds. The second-order valence-corrected chi connectivity index (χ2v) is 5.36. The van der Waals surface area contributed by atoms with Crippen molar-refractivity contribution in [1.29, 1.82) is 0 Å². The largest absolute Gasteiger partial charge is 0.396 e. The molecule has 2 fully saturated rings. The van der Waals surface area contributed by atoms with Gasteiger partial charge in [-0.15, -0.1) is 0 Å². The molecule has 2 nitrogen and oxygen atoms in total. The molecule has 3 unspecified atom stereocenters. The topological polar surface area (TPSA) is 40.5 Å². The molecule has 0 saturated heterocycles. The van der Waals surface area contributed by atoms with E-state index in [1.54, 1.807) is 0 Å². The van der Waals surface area contributed by atoms with Crippen molar-refractivity contribution >= 4 is 0 Å². The van der Waals surface area contributed by atoms with Crippen molar-refractivity contribution < 1.29 is 10.2 Å². The first kappa shape index (κ1) is 14.0. The average Bonchev–Trinajstić information content (AvgIpc) is 2.61. The van der Waals surface area contributed by atoms with Crippen LogP contribution in [0.15, 0.2) is 0 Å². The van der Waals surface area contributed by atoms with Gasteiger partial charge in [-0.05, 0) is 49.4 Å². The monoisotopic (exact) mass is 228 g/mol. The van der Waals surface area contributed by atoms with Gasteiger partial charge in [-0.2, -0.15) is 0 Å². The third kappa shape index (κ3) is 2.43. The Hall–Kier alpha value is -0.0800. The van der Waals surface area contributed by atoms with E-state index in [9.17, 15) is 5.11 Å². The van der Waals surface area contributed by atoms with Crippen LogP contribution in [0.1, 0.15) is 59.3 Å². The van der Waals surface area contributed by atoms with Crippen LogP contribution in [-0.4, -0.2) is 22.9 Å². The van der Waals surface area contributed by atoms with E-state index in [0.717, 1.165) is 19.3 Å². The van der Waals surface area contributed by atoms with Gasteiger partial charge in [-0.25, -0.2) is 0 Å². The summed E-state index contributed by atoms with van der Waals surface area (Å²) in [5.74, 6) is 1.15. The van der Waals surface area contributed by atoms with Crippen LogP contribution in [0.4, 0.5) is 0 Å². The van der Waals surface area contributed by atoms with E-state index in [-0.39, 0.29) is 6.10 Å². The fourth-order valence-corrected chi connectivity index (χ4v) is 3.89. The highest BCUT2D eigenvalue weighted by molar-refractivity contribution is 5.00. The lowest BCUT2D eigenvalue weighted by Crippen LogP contribution is -2.39. The van der Waals surface area contributed by atoms with Gasteiger partial charge in [0.2, 0.25) is 0 Å². The quantitative estimate of drug-likeness (QED) is 0.763. The van der Waals surface area contributed by atoms with Gasteiger partial charge >= 0.3 is 0 Å². The zero-order chi connectivity index (χ0) is 12.2. The van der Waals surface area contributed by atoms with Crippen molar-refractivity contribution in [2.75, 3.05) is 6.61 Å². The second kappa shape index (κ2) is 6.02. The molecule has 0 heterocycles. The third-order valence-electron chi connectivity index (χ3n) is 4.76. The zero-order valence-corrected chi connectivity index (χ0v) is 11.1. The van der Waals surface area contributed by atoms with E-state index in [2.05, 4.69) is 6.92 Å². The fourth-order valence-electron chi connectivity index (χ4n) is 3.89. The lowest BCUT2D eigenvalue weighted by atomic mass is 9.64. The number of aliphatic hydroxyl groups excluding tert-OH is 2. The molecule has 0 radical (unpaired) electrons. The van der Waals surface area contributed by atoms with Crippen molar-refractivity contribution in [2.24, 2.45) is 17.3 Å². The molecule has 16 heavy (non-hydrogen) atoms. The first-order chi connectivity index (χ1) is 7.68. The highest BCUT2D eigenvalue weighted by atomic mass is 16.3. The minimum atomic E-state index is -0.0718. The Bertz CT molecular complexity index is 205. The van der Waals surface area contributed by atoms with E-state index in [1.807, 2.05) is 13.8 Å². The van der Waals surface area contributed by atoms with E-state index in [1.165, 1.54) is 19.3 Å². The van der Waals surface area contributed by atoms with Crippen molar-refractivity contribution in [1.82, 2.24) is 0 Å². The molecule has 2 N–H and O–H groups in total. The summed E-state index contributed by atoms with van der Waals surface area (Å²) in [4.78, 5) is 0. The van der Waals surface area contributed by atoms with E-state index >= 15 is 0 Å². The predicted molar refractivity (Wildman–Crippen MR) is 67.2 cm³/mol. The van der Waals surface area contributed by atoms with Crippen LogP contribution in [-0.2, 0) is 0 Å². The molecular weight excluding hydrogens is 200 g/mol. The smallest absolute Gasteiger partial charge is 0.0573 e. The summed E-state index contributed by atoms with van der Waals surface area (Å²) in [7, 11) is 0. The molecule has 0 bridgehead atoms. The van der Waals surface area contributed by atoms with Crippen molar-refractivity contribution in [3.63, 3.8) is 0 Å². The van der Waals surface area contributed by atoms with Crippen LogP contribution >= 0.6 is 0 Å². The molecule has 0 spiro atoms. The molecule has 2 saturated carbocycles. The molecule has 0 aliphatic heterocycles. The summed E-state index contributed by atoms with van der Waals surface area (Å²) in [6, 6.07) is 0. The summed E-state index contributed by atoms with van der Waals surface area (Å²) < 4.78 is 0. The van der Waals surface area contributed by atoms with Crippen LogP contribution in [0, 0.1) is 17.3 Å². The van der Waals surface area contributed by atoms with Gasteiger partial charge in [0.15, 0.2) is 0 Å². The maximum absolute atomic E-state index is 9.97. The Labute approximate surface area is 100 Å². The van der Waals surface area contributed by atoms with Crippen molar-refractivity contribution in [2.45, 2.75) is 65.4 Å². The fraction of sp³-hybridized carbons (Fsp3) is 1.00. The highest BCUT2D eigenvalue weighted by Crippen LogP contribution is 2.56. The van der Waals surface area contributed by atoms with Gasteiger partial charge in [0.25, 0.3) is 0 Å². The molecule has 0 aromatic carbocycles. The van der Waals surface area contributed by atoms with Crippen LogP contribution in [0.2, 0.25) is 0 Å². The standard InChI is InChI=1S/C12H22O2.C2H6/c1-12-7-2-3-11(14)10(12)5-4-9(12)6-8-13;1-2/h9-11,13-14H,2-8H2,1H3;1-2H3/t9?,10?,11-,12?;/m0./s1. The number of hydrogen-bond acceptors (Lipinski definition) is 2. The van der Waals surface area contributed by atoms with E-state index in [4.69, 9.17) is 5.11 Å². The summed E-state index contributed by atoms with van der Waals surface area (Å²) in [5, 5.41) is 19.0. The Kier molecular flexibility index (Phi) is 5.26. The van der Waals surface area contributed by atoms with Gasteiger partial charge in [-0.3, -0.25) is 0 Å². The summed E-state index contributed by atoms with van der Waals surface area (Å²) in [6.07, 6.45) is 6.64. The number of rotatable bonds is 2. The van der Waals surface area contributed by atoms with E-state index < -0.39 is 0 Å². The maximum atomic E-state index is 9.97. The van der Waals surface area contributed by atoms with Crippen LogP contribution in [0.5, 0.6) is 0 Å². The minimum absolute atomic E-state index is 0.0718. The highest BCUT2D eigenvalue weighted by Gasteiger charge is 2.50. The number of hydrogen-bond donors (Lipinski definition) is 2. The minimum Gasteiger partial charge on any atom is -0.396 e. The van der Waals surface area contributed by atoms with E-state index in [0.29, 0.717) is 23.9 Å². The third-order valence-corrected chi connectivity index (χ3v) is 4.76. The van der Waals surface area contributed by atoms with Crippen LogP contribution in [0.25, 0.3) is 0 Å². The van der Waals surface area contributed by atoms with Crippen LogP contribution < -0.4 is 0 Å². The summed E-state index contributed by atoms with van der Waals surface area (Å²) in [5.41, 5.74) is 0.320. The molecule has 96 valence electrons. The lowest BCUT2D eigenvalue weighted by Gasteiger charge is -2.43. The first-order valence-corrected chi connectivity index (χ1v) is 6.97. The molecule has 2 rings (SSSR count). The van der Waals surface area contributed by atoms with Gasteiger partial charge < -0.3 is 10.2 Å².